The van der Waals surface area contributed by atoms with Crippen LogP contribution in [0.2, 0.25) is 0 Å². The van der Waals surface area contributed by atoms with Crippen LogP contribution >= 0.6 is 15.9 Å². The van der Waals surface area contributed by atoms with Gasteiger partial charge in [-0.25, -0.2) is 8.78 Å². The molecule has 1 aromatic carbocycles. The average Bonchev–Trinajstić information content (AvgIpc) is 2.58. The Balaban J connectivity index is 2.41. The van der Waals surface area contributed by atoms with Gasteiger partial charge in [0.2, 0.25) is 0 Å². The van der Waals surface area contributed by atoms with Gasteiger partial charge in [0, 0.05) is 16.1 Å². The third kappa shape index (κ3) is 2.02. The molecule has 15 heavy (non-hydrogen) atoms. The Kier molecular flexibility index (Phi) is 2.73. The lowest BCUT2D eigenvalue weighted by molar-refractivity contribution is 0.507. The first-order valence-corrected chi connectivity index (χ1v) is 5.33. The van der Waals surface area contributed by atoms with E-state index in [2.05, 4.69) is 26.2 Å². The third-order valence-electron chi connectivity index (χ3n) is 2.17. The summed E-state index contributed by atoms with van der Waals surface area (Å²) in [6.45, 7) is 2.63. The molecule has 0 fully saturated rings. The fourth-order valence-electron chi connectivity index (χ4n) is 1.42. The lowest BCUT2D eigenvalue weighted by Crippen LogP contribution is -2.28. The molecule has 2 rings (SSSR count). The molecule has 1 heterocycles. The predicted octanol–water partition coefficient (Wildman–Crippen LogP) is 2.47. The number of aliphatic imine (C=N–C) groups is 1. The summed E-state index contributed by atoms with van der Waals surface area (Å²) in [5, 5.41) is 3.09. The van der Waals surface area contributed by atoms with Crippen molar-refractivity contribution in [2.45, 2.75) is 13.0 Å². The van der Waals surface area contributed by atoms with Crippen molar-refractivity contribution in [1.82, 2.24) is 5.32 Å². The Morgan fingerprint density at radius 1 is 1.40 bits per heavy atom. The van der Waals surface area contributed by atoms with Gasteiger partial charge in [-0.05, 0) is 35.0 Å². The van der Waals surface area contributed by atoms with E-state index in [0.29, 0.717) is 22.4 Å². The van der Waals surface area contributed by atoms with Crippen LogP contribution in [0.3, 0.4) is 0 Å². The minimum Gasteiger partial charge on any atom is -0.366 e. The largest absolute Gasteiger partial charge is 0.366 e. The van der Waals surface area contributed by atoms with Gasteiger partial charge in [-0.2, -0.15) is 0 Å². The molecule has 0 aliphatic carbocycles. The first-order valence-electron chi connectivity index (χ1n) is 4.54. The zero-order valence-electron chi connectivity index (χ0n) is 8.02. The Bertz CT molecular complexity index is 432. The molecule has 1 atom stereocenters. The van der Waals surface area contributed by atoms with Crippen molar-refractivity contribution >= 4 is 21.8 Å². The first-order chi connectivity index (χ1) is 7.08. The van der Waals surface area contributed by atoms with Gasteiger partial charge in [-0.15, -0.1) is 0 Å². The van der Waals surface area contributed by atoms with E-state index in [4.69, 9.17) is 0 Å². The van der Waals surface area contributed by atoms with E-state index in [9.17, 15) is 8.78 Å². The first kappa shape index (κ1) is 10.5. The highest BCUT2D eigenvalue weighted by Gasteiger charge is 2.18. The summed E-state index contributed by atoms with van der Waals surface area (Å²) >= 11 is 3.18. The molecule has 2 nitrogen and oxygen atoms in total. The summed E-state index contributed by atoms with van der Waals surface area (Å²) in [6, 6.07) is 2.49. The minimum absolute atomic E-state index is 0.236. The molecule has 0 aromatic heterocycles. The minimum atomic E-state index is -0.864. The zero-order valence-corrected chi connectivity index (χ0v) is 9.61. The second-order valence-electron chi connectivity index (χ2n) is 3.48. The second-order valence-corrected chi connectivity index (χ2v) is 4.34. The van der Waals surface area contributed by atoms with Crippen LogP contribution in [0.5, 0.6) is 0 Å². The van der Waals surface area contributed by atoms with Crippen molar-refractivity contribution < 1.29 is 8.78 Å². The number of nitrogens with zero attached hydrogens (tertiary/aromatic N) is 1. The summed E-state index contributed by atoms with van der Waals surface area (Å²) in [5.74, 6) is -1.12. The maximum atomic E-state index is 13.0. The second kappa shape index (κ2) is 3.89. The van der Waals surface area contributed by atoms with Crippen LogP contribution in [-0.4, -0.2) is 18.4 Å². The van der Waals surface area contributed by atoms with Crippen molar-refractivity contribution in [3.63, 3.8) is 0 Å². The molecule has 80 valence electrons. The topological polar surface area (TPSA) is 24.4 Å². The van der Waals surface area contributed by atoms with Crippen molar-refractivity contribution in [3.05, 3.63) is 33.8 Å². The Morgan fingerprint density at radius 2 is 2.07 bits per heavy atom. The molecule has 0 spiro atoms. The van der Waals surface area contributed by atoms with Gasteiger partial charge >= 0.3 is 0 Å². The van der Waals surface area contributed by atoms with E-state index >= 15 is 0 Å². The molecule has 5 heteroatoms. The molecule has 0 saturated carbocycles. The van der Waals surface area contributed by atoms with E-state index < -0.39 is 11.6 Å². The van der Waals surface area contributed by atoms with Gasteiger partial charge in [0.15, 0.2) is 11.6 Å². The van der Waals surface area contributed by atoms with Gasteiger partial charge < -0.3 is 5.32 Å². The number of rotatable bonds is 1. The van der Waals surface area contributed by atoms with Crippen LogP contribution in [0.4, 0.5) is 8.78 Å². The van der Waals surface area contributed by atoms with Crippen molar-refractivity contribution in [2.75, 3.05) is 6.54 Å². The zero-order chi connectivity index (χ0) is 11.0. The van der Waals surface area contributed by atoms with Crippen LogP contribution in [0.15, 0.2) is 21.6 Å². The molecule has 1 N–H and O–H groups in total. The van der Waals surface area contributed by atoms with Gasteiger partial charge in [-0.3, -0.25) is 4.99 Å². The van der Waals surface area contributed by atoms with Crippen LogP contribution in [0.25, 0.3) is 0 Å². The fourth-order valence-corrected chi connectivity index (χ4v) is 1.92. The summed E-state index contributed by atoms with van der Waals surface area (Å²) in [7, 11) is 0. The molecule has 1 unspecified atom stereocenters. The van der Waals surface area contributed by atoms with E-state index in [-0.39, 0.29) is 6.04 Å². The molecule has 1 aliphatic rings. The Labute approximate surface area is 94.5 Å². The number of amidine groups is 1. The number of halogens is 3. The summed E-state index contributed by atoms with van der Waals surface area (Å²) in [5.41, 5.74) is 0.554. The molecular formula is C10H9BrF2N2. The molecule has 0 bridgehead atoms. The fraction of sp³-hybridized carbons (Fsp3) is 0.300. The molecule has 0 saturated heterocycles. The van der Waals surface area contributed by atoms with Crippen LogP contribution in [0.1, 0.15) is 12.5 Å². The highest BCUT2D eigenvalue weighted by Crippen LogP contribution is 2.22. The summed E-state index contributed by atoms with van der Waals surface area (Å²) < 4.78 is 26.4. The lowest BCUT2D eigenvalue weighted by Gasteiger charge is -2.08. The Hall–Kier alpha value is -0.970. The normalized spacial score (nSPS) is 20.0. The van der Waals surface area contributed by atoms with E-state index in [0.717, 1.165) is 12.1 Å². The standard InChI is InChI=1S/C10H9BrF2N2/c1-5-4-14-10(15-5)6-2-8(12)9(13)3-7(6)11/h2-3,5H,4H2,1H3,(H,14,15). The quantitative estimate of drug-likeness (QED) is 0.782. The third-order valence-corrected chi connectivity index (χ3v) is 2.83. The van der Waals surface area contributed by atoms with E-state index in [1.54, 1.807) is 0 Å². The predicted molar refractivity (Wildman–Crippen MR) is 58.1 cm³/mol. The van der Waals surface area contributed by atoms with Gasteiger partial charge in [0.25, 0.3) is 0 Å². The Morgan fingerprint density at radius 3 is 2.67 bits per heavy atom. The molecule has 1 aromatic rings. The SMILES string of the molecule is CC1CN=C(c2cc(F)c(F)cc2Br)N1. The molecule has 0 amide bonds. The number of hydrogen-bond acceptors (Lipinski definition) is 2. The average molecular weight is 275 g/mol. The van der Waals surface area contributed by atoms with E-state index in [1.807, 2.05) is 6.92 Å². The lowest BCUT2D eigenvalue weighted by atomic mass is 10.2. The highest BCUT2D eigenvalue weighted by molar-refractivity contribution is 9.10. The molecule has 1 aliphatic heterocycles. The van der Waals surface area contributed by atoms with Crippen LogP contribution in [-0.2, 0) is 0 Å². The monoisotopic (exact) mass is 274 g/mol. The number of benzene rings is 1. The van der Waals surface area contributed by atoms with Crippen molar-refractivity contribution in [1.29, 1.82) is 0 Å². The highest BCUT2D eigenvalue weighted by atomic mass is 79.9. The maximum Gasteiger partial charge on any atom is 0.159 e. The number of hydrogen-bond donors (Lipinski definition) is 1. The van der Waals surface area contributed by atoms with Gasteiger partial charge in [0.1, 0.15) is 5.84 Å². The van der Waals surface area contributed by atoms with Crippen LogP contribution in [0, 0.1) is 11.6 Å². The van der Waals surface area contributed by atoms with Crippen LogP contribution < -0.4 is 5.32 Å². The molecule has 0 radical (unpaired) electrons. The van der Waals surface area contributed by atoms with Crippen molar-refractivity contribution in [2.24, 2.45) is 4.99 Å². The van der Waals surface area contributed by atoms with Crippen molar-refractivity contribution in [3.8, 4) is 0 Å². The summed E-state index contributed by atoms with van der Waals surface area (Å²) in [4.78, 5) is 4.20. The van der Waals surface area contributed by atoms with E-state index in [1.165, 1.54) is 0 Å². The van der Waals surface area contributed by atoms with Gasteiger partial charge in [0.05, 0.1) is 6.54 Å². The van der Waals surface area contributed by atoms with Gasteiger partial charge in [-0.1, -0.05) is 0 Å². The number of nitrogens with one attached hydrogen (secondary N) is 1. The maximum absolute atomic E-state index is 13.0. The molecular weight excluding hydrogens is 266 g/mol. The summed E-state index contributed by atoms with van der Waals surface area (Å²) in [6.07, 6.45) is 0. The smallest absolute Gasteiger partial charge is 0.159 e.